The van der Waals surface area contributed by atoms with Gasteiger partial charge in [-0.05, 0) is 27.7 Å². The van der Waals surface area contributed by atoms with E-state index in [0.29, 0.717) is 0 Å². The zero-order valence-electron chi connectivity index (χ0n) is 11.5. The number of hydrogen-bond acceptors (Lipinski definition) is 4. The lowest BCUT2D eigenvalue weighted by molar-refractivity contribution is -0.148. The van der Waals surface area contributed by atoms with Crippen LogP contribution < -0.4 is 0 Å². The number of ether oxygens (including phenoxy) is 2. The molecule has 6 heteroatoms. The number of carbonyl (C=O) groups is 2. The van der Waals surface area contributed by atoms with Crippen LogP contribution in [0.15, 0.2) is 0 Å². The molecule has 0 spiro atoms. The molecule has 0 aromatic heterocycles. The fraction of sp³-hybridized carbons (Fsp3) is 0.833. The summed E-state index contributed by atoms with van der Waals surface area (Å²) in [6, 6.07) is 0. The van der Waals surface area contributed by atoms with E-state index in [2.05, 4.69) is 0 Å². The molecule has 0 saturated carbocycles. The average molecular weight is 259 g/mol. The number of methoxy groups -OCH3 is 1. The molecule has 104 valence electrons. The van der Waals surface area contributed by atoms with E-state index < -0.39 is 23.2 Å². The van der Waals surface area contributed by atoms with E-state index in [1.54, 1.807) is 20.8 Å². The zero-order chi connectivity index (χ0) is 14.1. The van der Waals surface area contributed by atoms with E-state index in [9.17, 15) is 14.7 Å². The molecule has 1 rings (SSSR count). The Labute approximate surface area is 107 Å². The van der Waals surface area contributed by atoms with Crippen LogP contribution in [0.4, 0.5) is 4.79 Å². The highest BCUT2D eigenvalue weighted by Crippen LogP contribution is 2.32. The van der Waals surface area contributed by atoms with Crippen molar-refractivity contribution in [2.45, 2.75) is 51.4 Å². The minimum atomic E-state index is -1.27. The first kappa shape index (κ1) is 14.8. The van der Waals surface area contributed by atoms with E-state index in [-0.39, 0.29) is 19.1 Å². The van der Waals surface area contributed by atoms with Gasteiger partial charge in [-0.1, -0.05) is 0 Å². The molecule has 1 saturated heterocycles. The number of aliphatic carboxylic acids is 1. The Balaban J connectivity index is 2.91. The first-order valence-electron chi connectivity index (χ1n) is 5.87. The monoisotopic (exact) mass is 259 g/mol. The standard InChI is InChI=1S/C12H21NO5/c1-11(2,3)18-10(16)13-7-8(17-5)6-12(13,4)9(14)15/h8H,6-7H2,1-5H3,(H,14,15). The number of amides is 1. The van der Waals surface area contributed by atoms with Crippen LogP contribution in [0, 0.1) is 0 Å². The first-order chi connectivity index (χ1) is 8.10. The fourth-order valence-electron chi connectivity index (χ4n) is 1.98. The van der Waals surface area contributed by atoms with Gasteiger partial charge in [0.05, 0.1) is 12.6 Å². The molecule has 1 N–H and O–H groups in total. The van der Waals surface area contributed by atoms with E-state index in [1.165, 1.54) is 18.9 Å². The molecule has 1 heterocycles. The minimum Gasteiger partial charge on any atom is -0.480 e. The summed E-state index contributed by atoms with van der Waals surface area (Å²) < 4.78 is 10.4. The van der Waals surface area contributed by atoms with Crippen molar-refractivity contribution in [1.29, 1.82) is 0 Å². The van der Waals surface area contributed by atoms with Crippen molar-refractivity contribution < 1.29 is 24.2 Å². The molecule has 6 nitrogen and oxygen atoms in total. The number of rotatable bonds is 2. The normalized spacial score (nSPS) is 28.3. The van der Waals surface area contributed by atoms with Crippen molar-refractivity contribution in [1.82, 2.24) is 4.90 Å². The molecule has 0 aromatic carbocycles. The predicted molar refractivity (Wildman–Crippen MR) is 64.4 cm³/mol. The Kier molecular flexibility index (Phi) is 3.90. The van der Waals surface area contributed by atoms with Gasteiger partial charge in [-0.3, -0.25) is 4.90 Å². The zero-order valence-corrected chi connectivity index (χ0v) is 11.5. The summed E-state index contributed by atoms with van der Waals surface area (Å²) in [5.74, 6) is -1.05. The van der Waals surface area contributed by atoms with Crippen LogP contribution >= 0.6 is 0 Å². The highest BCUT2D eigenvalue weighted by molar-refractivity contribution is 5.85. The molecule has 1 fully saturated rings. The third-order valence-electron chi connectivity index (χ3n) is 3.02. The molecule has 1 aliphatic rings. The summed E-state index contributed by atoms with van der Waals surface area (Å²) >= 11 is 0. The van der Waals surface area contributed by atoms with Gasteiger partial charge in [0.2, 0.25) is 0 Å². The quantitative estimate of drug-likeness (QED) is 0.813. The van der Waals surface area contributed by atoms with Crippen molar-refractivity contribution in [3.8, 4) is 0 Å². The summed E-state index contributed by atoms with van der Waals surface area (Å²) in [4.78, 5) is 24.6. The fourth-order valence-corrected chi connectivity index (χ4v) is 1.98. The molecule has 2 atom stereocenters. The van der Waals surface area contributed by atoms with E-state index >= 15 is 0 Å². The molecular formula is C12H21NO5. The highest BCUT2D eigenvalue weighted by atomic mass is 16.6. The molecule has 1 amide bonds. The van der Waals surface area contributed by atoms with Crippen LogP contribution in [-0.4, -0.2) is 53.0 Å². The molecular weight excluding hydrogens is 238 g/mol. The van der Waals surface area contributed by atoms with Gasteiger partial charge in [-0.25, -0.2) is 9.59 Å². The van der Waals surface area contributed by atoms with Gasteiger partial charge < -0.3 is 14.6 Å². The Bertz CT molecular complexity index is 349. The largest absolute Gasteiger partial charge is 0.480 e. The van der Waals surface area contributed by atoms with Gasteiger partial charge in [0, 0.05) is 13.5 Å². The van der Waals surface area contributed by atoms with E-state index in [1.807, 2.05) is 0 Å². The summed E-state index contributed by atoms with van der Waals surface area (Å²) in [5, 5.41) is 9.30. The maximum absolute atomic E-state index is 12.0. The average Bonchev–Trinajstić information content (AvgIpc) is 2.54. The van der Waals surface area contributed by atoms with Gasteiger partial charge in [-0.2, -0.15) is 0 Å². The maximum Gasteiger partial charge on any atom is 0.411 e. The summed E-state index contributed by atoms with van der Waals surface area (Å²) in [6.45, 7) is 6.97. The van der Waals surface area contributed by atoms with Gasteiger partial charge in [-0.15, -0.1) is 0 Å². The topological polar surface area (TPSA) is 76.1 Å². The second-order valence-electron chi connectivity index (χ2n) is 5.73. The number of nitrogens with zero attached hydrogens (tertiary/aromatic N) is 1. The molecule has 0 bridgehead atoms. The number of likely N-dealkylation sites (tertiary alicyclic amines) is 1. The second-order valence-corrected chi connectivity index (χ2v) is 5.73. The molecule has 2 unspecified atom stereocenters. The molecule has 0 aromatic rings. The van der Waals surface area contributed by atoms with E-state index in [4.69, 9.17) is 9.47 Å². The lowest BCUT2D eigenvalue weighted by Gasteiger charge is -2.32. The number of hydrogen-bond donors (Lipinski definition) is 1. The van der Waals surface area contributed by atoms with Crippen LogP contribution in [0.5, 0.6) is 0 Å². The Morgan fingerprint density at radius 3 is 2.33 bits per heavy atom. The van der Waals surface area contributed by atoms with E-state index in [0.717, 1.165) is 0 Å². The van der Waals surface area contributed by atoms with Crippen LogP contribution in [0.2, 0.25) is 0 Å². The van der Waals surface area contributed by atoms with Crippen molar-refractivity contribution in [3.05, 3.63) is 0 Å². The maximum atomic E-state index is 12.0. The third kappa shape index (κ3) is 2.93. The van der Waals surface area contributed by atoms with Crippen molar-refractivity contribution >= 4 is 12.1 Å². The van der Waals surface area contributed by atoms with Gasteiger partial charge >= 0.3 is 12.1 Å². The van der Waals surface area contributed by atoms with Gasteiger partial charge in [0.25, 0.3) is 0 Å². The number of carboxylic acid groups (broad SMARTS) is 1. The van der Waals surface area contributed by atoms with Crippen molar-refractivity contribution in [3.63, 3.8) is 0 Å². The molecule has 0 aliphatic carbocycles. The molecule has 1 aliphatic heterocycles. The Morgan fingerprint density at radius 1 is 1.39 bits per heavy atom. The second kappa shape index (κ2) is 4.76. The third-order valence-corrected chi connectivity index (χ3v) is 3.02. The van der Waals surface area contributed by atoms with Crippen molar-refractivity contribution in [2.24, 2.45) is 0 Å². The summed E-state index contributed by atoms with van der Waals surface area (Å²) in [6.07, 6.45) is -0.636. The van der Waals surface area contributed by atoms with Crippen LogP contribution in [0.1, 0.15) is 34.1 Å². The van der Waals surface area contributed by atoms with Gasteiger partial charge in [0.1, 0.15) is 11.1 Å². The van der Waals surface area contributed by atoms with Gasteiger partial charge in [0.15, 0.2) is 0 Å². The SMILES string of the molecule is COC1CN(C(=O)OC(C)(C)C)C(C)(C(=O)O)C1. The summed E-state index contributed by atoms with van der Waals surface area (Å²) in [5.41, 5.74) is -1.93. The smallest absolute Gasteiger partial charge is 0.411 e. The Hall–Kier alpha value is -1.30. The lowest BCUT2D eigenvalue weighted by Crippen LogP contribution is -2.52. The summed E-state index contributed by atoms with van der Waals surface area (Å²) in [7, 11) is 1.51. The van der Waals surface area contributed by atoms with Crippen molar-refractivity contribution in [2.75, 3.05) is 13.7 Å². The van der Waals surface area contributed by atoms with Crippen LogP contribution in [-0.2, 0) is 14.3 Å². The Morgan fingerprint density at radius 2 is 1.94 bits per heavy atom. The number of carboxylic acids is 1. The predicted octanol–water partition coefficient (Wildman–Crippen LogP) is 1.49. The number of carbonyl (C=O) groups excluding carboxylic acids is 1. The van der Waals surface area contributed by atoms with Crippen LogP contribution in [0.3, 0.4) is 0 Å². The highest BCUT2D eigenvalue weighted by Gasteiger charge is 2.51. The first-order valence-corrected chi connectivity index (χ1v) is 5.87. The molecule has 0 radical (unpaired) electrons. The van der Waals surface area contributed by atoms with Crippen LogP contribution in [0.25, 0.3) is 0 Å². The minimum absolute atomic E-state index is 0.230. The lowest BCUT2D eigenvalue weighted by atomic mass is 9.99. The molecule has 18 heavy (non-hydrogen) atoms.